The Kier molecular flexibility index (Phi) is 6.10. The van der Waals surface area contributed by atoms with Crippen LogP contribution < -0.4 is 10.1 Å². The van der Waals surface area contributed by atoms with Gasteiger partial charge in [-0.2, -0.15) is 0 Å². The number of hydrogen-bond donors (Lipinski definition) is 1. The van der Waals surface area contributed by atoms with E-state index in [1.165, 1.54) is 31.2 Å². The molecule has 0 bridgehead atoms. The van der Waals surface area contributed by atoms with Crippen molar-refractivity contribution < 1.29 is 4.74 Å². The number of ether oxygens (including phenoxy) is 1. The highest BCUT2D eigenvalue weighted by Crippen LogP contribution is 2.39. The van der Waals surface area contributed by atoms with Crippen LogP contribution in [0.3, 0.4) is 0 Å². The Morgan fingerprint density at radius 1 is 1.19 bits per heavy atom. The molecular weight excluding hydrogens is 258 g/mol. The summed E-state index contributed by atoms with van der Waals surface area (Å²) < 4.78 is 5.75. The summed E-state index contributed by atoms with van der Waals surface area (Å²) in [6.07, 6.45) is 5.51. The van der Waals surface area contributed by atoms with Gasteiger partial charge in [0.1, 0.15) is 5.75 Å². The molecule has 0 radical (unpaired) electrons. The van der Waals surface area contributed by atoms with Gasteiger partial charge >= 0.3 is 0 Å². The summed E-state index contributed by atoms with van der Waals surface area (Å²) in [7, 11) is 0. The Balaban J connectivity index is 2.08. The summed E-state index contributed by atoms with van der Waals surface area (Å²) in [5, 5.41) is 3.77. The van der Waals surface area contributed by atoms with Crippen molar-refractivity contribution in [2.45, 2.75) is 65.5 Å². The van der Waals surface area contributed by atoms with Gasteiger partial charge in [0.05, 0.1) is 6.10 Å². The monoisotopic (exact) mass is 289 g/mol. The molecule has 2 heteroatoms. The van der Waals surface area contributed by atoms with E-state index in [-0.39, 0.29) is 6.10 Å². The van der Waals surface area contributed by atoms with E-state index in [1.54, 1.807) is 0 Å². The highest BCUT2D eigenvalue weighted by Gasteiger charge is 2.29. The molecule has 3 unspecified atom stereocenters. The van der Waals surface area contributed by atoms with E-state index in [1.807, 2.05) is 0 Å². The maximum absolute atomic E-state index is 5.75. The van der Waals surface area contributed by atoms with Crippen molar-refractivity contribution in [3.8, 4) is 5.75 Å². The average Bonchev–Trinajstić information content (AvgIpc) is 2.87. The van der Waals surface area contributed by atoms with Crippen LogP contribution in [-0.2, 0) is 0 Å². The molecule has 3 atom stereocenters. The predicted octanol–water partition coefficient (Wildman–Crippen LogP) is 4.95. The summed E-state index contributed by atoms with van der Waals surface area (Å²) in [6, 6.07) is 9.23. The molecule has 0 aromatic heterocycles. The van der Waals surface area contributed by atoms with Gasteiger partial charge in [-0.05, 0) is 69.2 Å². The quantitative estimate of drug-likeness (QED) is 0.766. The third-order valence-corrected chi connectivity index (χ3v) is 4.43. The van der Waals surface area contributed by atoms with E-state index in [0.29, 0.717) is 6.04 Å². The molecule has 2 nitrogen and oxygen atoms in total. The number of hydrogen-bond acceptors (Lipinski definition) is 2. The lowest BCUT2D eigenvalue weighted by Gasteiger charge is -2.26. The van der Waals surface area contributed by atoms with E-state index in [0.717, 1.165) is 24.1 Å². The van der Waals surface area contributed by atoms with Crippen LogP contribution >= 0.6 is 0 Å². The van der Waals surface area contributed by atoms with E-state index in [2.05, 4.69) is 57.3 Å². The first-order valence-corrected chi connectivity index (χ1v) is 8.60. The van der Waals surface area contributed by atoms with Crippen LogP contribution in [0, 0.1) is 11.8 Å². The Bertz CT molecular complexity index is 412. The van der Waals surface area contributed by atoms with Crippen molar-refractivity contribution in [1.82, 2.24) is 5.32 Å². The fourth-order valence-corrected chi connectivity index (χ4v) is 3.44. The minimum Gasteiger partial charge on any atom is -0.491 e. The zero-order chi connectivity index (χ0) is 15.2. The Hall–Kier alpha value is -1.02. The van der Waals surface area contributed by atoms with Gasteiger partial charge < -0.3 is 10.1 Å². The second-order valence-corrected chi connectivity index (χ2v) is 6.85. The number of rotatable bonds is 7. The lowest BCUT2D eigenvalue weighted by molar-refractivity contribution is 0.242. The maximum Gasteiger partial charge on any atom is 0.119 e. The normalized spacial score (nSPS) is 23.5. The van der Waals surface area contributed by atoms with Crippen LogP contribution in [0.15, 0.2) is 24.3 Å². The molecule has 1 N–H and O–H groups in total. The number of nitrogens with one attached hydrogen (secondary N) is 1. The van der Waals surface area contributed by atoms with Crippen LogP contribution in [0.1, 0.15) is 65.0 Å². The highest BCUT2D eigenvalue weighted by atomic mass is 16.5. The second kappa shape index (κ2) is 7.84. The molecule has 1 aromatic rings. The number of benzene rings is 1. The first-order chi connectivity index (χ1) is 10.1. The van der Waals surface area contributed by atoms with Gasteiger partial charge in [-0.1, -0.05) is 32.4 Å². The van der Waals surface area contributed by atoms with Gasteiger partial charge in [-0.25, -0.2) is 0 Å². The summed E-state index contributed by atoms with van der Waals surface area (Å²) in [5.74, 6) is 2.63. The standard InChI is InChI=1S/C19H31NO/c1-5-12-20-19(17-7-6-15(4)13-17)16-8-10-18(11-9-16)21-14(2)3/h8-11,14-15,17,19-20H,5-7,12-13H2,1-4H3. The van der Waals surface area contributed by atoms with Crippen molar-refractivity contribution in [2.75, 3.05) is 6.54 Å². The molecule has 0 amide bonds. The van der Waals surface area contributed by atoms with Gasteiger partial charge in [-0.3, -0.25) is 0 Å². The molecule has 118 valence electrons. The minimum absolute atomic E-state index is 0.237. The predicted molar refractivity (Wildman–Crippen MR) is 89.7 cm³/mol. The molecule has 21 heavy (non-hydrogen) atoms. The molecule has 1 aliphatic rings. The van der Waals surface area contributed by atoms with Crippen LogP contribution in [0.5, 0.6) is 5.75 Å². The fourth-order valence-electron chi connectivity index (χ4n) is 3.44. The SMILES string of the molecule is CCCNC(c1ccc(OC(C)C)cc1)C1CCC(C)C1. The van der Waals surface area contributed by atoms with Crippen molar-refractivity contribution in [3.63, 3.8) is 0 Å². The van der Waals surface area contributed by atoms with E-state index < -0.39 is 0 Å². The van der Waals surface area contributed by atoms with Crippen LogP contribution in [0.2, 0.25) is 0 Å². The lowest BCUT2D eigenvalue weighted by Crippen LogP contribution is -2.28. The molecule has 0 aliphatic heterocycles. The fraction of sp³-hybridized carbons (Fsp3) is 0.684. The average molecular weight is 289 g/mol. The van der Waals surface area contributed by atoms with Gasteiger partial charge in [0.2, 0.25) is 0 Å². The largest absolute Gasteiger partial charge is 0.491 e. The summed E-state index contributed by atoms with van der Waals surface area (Å²) in [5.41, 5.74) is 1.42. The second-order valence-electron chi connectivity index (χ2n) is 6.85. The summed E-state index contributed by atoms with van der Waals surface area (Å²) >= 11 is 0. The van der Waals surface area contributed by atoms with E-state index in [9.17, 15) is 0 Å². The van der Waals surface area contributed by atoms with Crippen molar-refractivity contribution in [1.29, 1.82) is 0 Å². The van der Waals surface area contributed by atoms with E-state index in [4.69, 9.17) is 4.74 Å². The minimum atomic E-state index is 0.237. The molecule has 0 heterocycles. The van der Waals surface area contributed by atoms with Crippen LogP contribution in [0.25, 0.3) is 0 Å². The van der Waals surface area contributed by atoms with Crippen LogP contribution in [0.4, 0.5) is 0 Å². The highest BCUT2D eigenvalue weighted by molar-refractivity contribution is 5.30. The smallest absolute Gasteiger partial charge is 0.119 e. The zero-order valence-electron chi connectivity index (χ0n) is 14.1. The Labute approximate surface area is 130 Å². The Morgan fingerprint density at radius 2 is 1.90 bits per heavy atom. The van der Waals surface area contributed by atoms with E-state index >= 15 is 0 Å². The molecule has 1 fully saturated rings. The third kappa shape index (κ3) is 4.74. The molecule has 0 saturated heterocycles. The van der Waals surface area contributed by atoms with Crippen molar-refractivity contribution in [2.24, 2.45) is 11.8 Å². The van der Waals surface area contributed by atoms with Crippen molar-refractivity contribution >= 4 is 0 Å². The molecule has 1 aliphatic carbocycles. The van der Waals surface area contributed by atoms with Gasteiger partial charge in [0.15, 0.2) is 0 Å². The molecule has 1 aromatic carbocycles. The van der Waals surface area contributed by atoms with Crippen LogP contribution in [-0.4, -0.2) is 12.6 Å². The molecule has 0 spiro atoms. The zero-order valence-corrected chi connectivity index (χ0v) is 14.1. The summed E-state index contributed by atoms with van der Waals surface area (Å²) in [4.78, 5) is 0. The lowest BCUT2D eigenvalue weighted by atomic mass is 9.90. The molecule has 2 rings (SSSR count). The maximum atomic E-state index is 5.75. The summed E-state index contributed by atoms with van der Waals surface area (Å²) in [6.45, 7) is 9.86. The third-order valence-electron chi connectivity index (χ3n) is 4.43. The van der Waals surface area contributed by atoms with Gasteiger partial charge in [0.25, 0.3) is 0 Å². The molecular formula is C19H31NO. The topological polar surface area (TPSA) is 21.3 Å². The van der Waals surface area contributed by atoms with Gasteiger partial charge in [-0.15, -0.1) is 0 Å². The first-order valence-electron chi connectivity index (χ1n) is 8.60. The first kappa shape index (κ1) is 16.4. The van der Waals surface area contributed by atoms with Crippen molar-refractivity contribution in [3.05, 3.63) is 29.8 Å². The molecule has 1 saturated carbocycles. The van der Waals surface area contributed by atoms with Gasteiger partial charge in [0, 0.05) is 6.04 Å². The Morgan fingerprint density at radius 3 is 2.43 bits per heavy atom.